The average molecular weight is 348 g/mol. The van der Waals surface area contributed by atoms with E-state index in [0.29, 0.717) is 5.69 Å². The van der Waals surface area contributed by atoms with Crippen LogP contribution in [0.25, 0.3) is 11.3 Å². The van der Waals surface area contributed by atoms with Gasteiger partial charge in [-0.25, -0.2) is 4.98 Å². The fourth-order valence-corrected chi connectivity index (χ4v) is 4.33. The Morgan fingerprint density at radius 2 is 2.12 bits per heavy atom. The molecule has 2 aliphatic heterocycles. The summed E-state index contributed by atoms with van der Waals surface area (Å²) < 4.78 is 3.95. The van der Waals surface area contributed by atoms with E-state index in [1.165, 1.54) is 0 Å². The molecule has 7 heteroatoms. The van der Waals surface area contributed by atoms with Gasteiger partial charge in [0.2, 0.25) is 0 Å². The Morgan fingerprint density at radius 1 is 1.19 bits per heavy atom. The number of imidazole rings is 1. The maximum Gasteiger partial charge on any atom is 0.272 e. The average Bonchev–Trinajstić information content (AvgIpc) is 3.41. The van der Waals surface area contributed by atoms with Gasteiger partial charge in [0.05, 0.1) is 11.9 Å². The lowest BCUT2D eigenvalue weighted by atomic mass is 9.86. The van der Waals surface area contributed by atoms with E-state index in [-0.39, 0.29) is 11.3 Å². The quantitative estimate of drug-likeness (QED) is 0.708. The van der Waals surface area contributed by atoms with Crippen molar-refractivity contribution in [3.05, 3.63) is 54.5 Å². The Balaban J connectivity index is 1.38. The molecule has 1 amide bonds. The SMILES string of the molecule is Cn1nccc1C(=O)N1CC[C@@]2(Cc3ncc(-c4cccnc4)n3C2)C1. The van der Waals surface area contributed by atoms with Crippen molar-refractivity contribution in [2.45, 2.75) is 19.4 Å². The summed E-state index contributed by atoms with van der Waals surface area (Å²) >= 11 is 0. The smallest absolute Gasteiger partial charge is 0.272 e. The standard InChI is InChI=1S/C19H20N6O/c1-23-15(4-7-22-23)18(26)24-8-5-19(12-24)9-17-21-11-16(25(17)13-19)14-3-2-6-20-10-14/h2-4,6-7,10-11H,5,8-9,12-13H2,1H3/t19-/m1/s1. The van der Waals surface area contributed by atoms with Gasteiger partial charge >= 0.3 is 0 Å². The molecule has 5 heterocycles. The molecule has 1 spiro atoms. The first-order valence-electron chi connectivity index (χ1n) is 8.87. The van der Waals surface area contributed by atoms with Crippen molar-refractivity contribution in [2.75, 3.05) is 13.1 Å². The molecule has 0 aromatic carbocycles. The van der Waals surface area contributed by atoms with Crippen molar-refractivity contribution in [2.24, 2.45) is 12.5 Å². The fourth-order valence-electron chi connectivity index (χ4n) is 4.33. The molecular formula is C19H20N6O. The fraction of sp³-hybridized carbons (Fsp3) is 0.368. The highest BCUT2D eigenvalue weighted by Gasteiger charge is 2.46. The monoisotopic (exact) mass is 348 g/mol. The first kappa shape index (κ1) is 15.3. The van der Waals surface area contributed by atoms with Crippen molar-refractivity contribution in [3.8, 4) is 11.3 Å². The summed E-state index contributed by atoms with van der Waals surface area (Å²) in [7, 11) is 1.81. The summed E-state index contributed by atoms with van der Waals surface area (Å²) in [6, 6.07) is 5.80. The number of amides is 1. The zero-order valence-corrected chi connectivity index (χ0v) is 14.7. The van der Waals surface area contributed by atoms with Crippen molar-refractivity contribution in [3.63, 3.8) is 0 Å². The molecule has 0 saturated carbocycles. The Morgan fingerprint density at radius 3 is 2.88 bits per heavy atom. The molecule has 2 aliphatic rings. The predicted octanol–water partition coefficient (Wildman–Crippen LogP) is 1.77. The van der Waals surface area contributed by atoms with Crippen LogP contribution >= 0.6 is 0 Å². The van der Waals surface area contributed by atoms with Crippen molar-refractivity contribution in [1.82, 2.24) is 29.2 Å². The number of aryl methyl sites for hydroxylation is 1. The highest BCUT2D eigenvalue weighted by Crippen LogP contribution is 2.42. The molecule has 0 radical (unpaired) electrons. The summed E-state index contributed by atoms with van der Waals surface area (Å²) in [6.07, 6.45) is 9.19. The molecule has 5 rings (SSSR count). The van der Waals surface area contributed by atoms with Crippen molar-refractivity contribution < 1.29 is 4.79 Å². The van der Waals surface area contributed by atoms with Gasteiger partial charge in [-0.3, -0.25) is 14.5 Å². The van der Waals surface area contributed by atoms with E-state index in [9.17, 15) is 4.79 Å². The Kier molecular flexibility index (Phi) is 3.25. The van der Waals surface area contributed by atoms with E-state index in [1.54, 1.807) is 23.1 Å². The zero-order valence-electron chi connectivity index (χ0n) is 14.7. The minimum Gasteiger partial charge on any atom is -0.337 e. The highest BCUT2D eigenvalue weighted by atomic mass is 16.2. The van der Waals surface area contributed by atoms with Gasteiger partial charge in [0, 0.05) is 62.7 Å². The van der Waals surface area contributed by atoms with Crippen LogP contribution in [0.4, 0.5) is 0 Å². The first-order valence-corrected chi connectivity index (χ1v) is 8.87. The van der Waals surface area contributed by atoms with Crippen LogP contribution in [0.3, 0.4) is 0 Å². The minimum atomic E-state index is 0.0684. The molecule has 1 saturated heterocycles. The lowest BCUT2D eigenvalue weighted by Crippen LogP contribution is -2.34. The normalized spacial score (nSPS) is 21.5. The minimum absolute atomic E-state index is 0.0684. The maximum absolute atomic E-state index is 12.8. The molecular weight excluding hydrogens is 328 g/mol. The van der Waals surface area contributed by atoms with E-state index in [1.807, 2.05) is 30.4 Å². The van der Waals surface area contributed by atoms with Gasteiger partial charge in [0.1, 0.15) is 11.5 Å². The Labute approximate surface area is 151 Å². The third-order valence-corrected chi connectivity index (χ3v) is 5.69. The van der Waals surface area contributed by atoms with Crippen LogP contribution in [0.2, 0.25) is 0 Å². The van der Waals surface area contributed by atoms with Crippen LogP contribution < -0.4 is 0 Å². The summed E-state index contributed by atoms with van der Waals surface area (Å²) in [5, 5.41) is 4.12. The summed E-state index contributed by atoms with van der Waals surface area (Å²) in [5.74, 6) is 1.18. The number of carbonyl (C=O) groups is 1. The van der Waals surface area contributed by atoms with Gasteiger partial charge in [-0.2, -0.15) is 5.10 Å². The van der Waals surface area contributed by atoms with Crippen LogP contribution in [0.5, 0.6) is 0 Å². The molecule has 1 atom stereocenters. The Bertz CT molecular complexity index is 975. The number of hydrogen-bond acceptors (Lipinski definition) is 4. The number of pyridine rings is 1. The first-order chi connectivity index (χ1) is 12.7. The van der Waals surface area contributed by atoms with E-state index in [4.69, 9.17) is 0 Å². The second-order valence-corrected chi connectivity index (χ2v) is 7.38. The Hall–Kier alpha value is -2.96. The molecule has 3 aromatic rings. The molecule has 0 bridgehead atoms. The van der Waals surface area contributed by atoms with Gasteiger partial charge in [-0.15, -0.1) is 0 Å². The van der Waals surface area contributed by atoms with Crippen molar-refractivity contribution >= 4 is 5.91 Å². The second kappa shape index (κ2) is 5.52. The van der Waals surface area contributed by atoms with Gasteiger partial charge in [0.15, 0.2) is 0 Å². The van der Waals surface area contributed by atoms with Gasteiger partial charge < -0.3 is 9.47 Å². The number of aromatic nitrogens is 5. The lowest BCUT2D eigenvalue weighted by Gasteiger charge is -2.23. The molecule has 1 fully saturated rings. The summed E-state index contributed by atoms with van der Waals surface area (Å²) in [5.41, 5.74) is 2.94. The van der Waals surface area contributed by atoms with Crippen molar-refractivity contribution in [1.29, 1.82) is 0 Å². The largest absolute Gasteiger partial charge is 0.337 e. The molecule has 0 N–H and O–H groups in total. The molecule has 0 unspecified atom stereocenters. The van der Waals surface area contributed by atoms with E-state index in [0.717, 1.165) is 49.6 Å². The molecule has 3 aromatic heterocycles. The van der Waals surface area contributed by atoms with Gasteiger partial charge in [-0.1, -0.05) is 0 Å². The van der Waals surface area contributed by atoms with Crippen LogP contribution in [0.15, 0.2) is 43.0 Å². The molecule has 132 valence electrons. The van der Waals surface area contributed by atoms with Crippen LogP contribution in [-0.4, -0.2) is 48.2 Å². The number of fused-ring (bicyclic) bond motifs is 1. The van der Waals surface area contributed by atoms with E-state index in [2.05, 4.69) is 25.7 Å². The van der Waals surface area contributed by atoms with Gasteiger partial charge in [0.25, 0.3) is 5.91 Å². The molecule has 26 heavy (non-hydrogen) atoms. The number of rotatable bonds is 2. The number of likely N-dealkylation sites (tertiary alicyclic amines) is 1. The third-order valence-electron chi connectivity index (χ3n) is 5.69. The van der Waals surface area contributed by atoms with E-state index >= 15 is 0 Å². The van der Waals surface area contributed by atoms with Crippen LogP contribution in [0, 0.1) is 5.41 Å². The third kappa shape index (κ3) is 2.27. The van der Waals surface area contributed by atoms with Gasteiger partial charge in [-0.05, 0) is 24.6 Å². The van der Waals surface area contributed by atoms with Crippen LogP contribution in [0.1, 0.15) is 22.7 Å². The number of carbonyl (C=O) groups excluding carboxylic acids is 1. The second-order valence-electron chi connectivity index (χ2n) is 7.38. The molecule has 0 aliphatic carbocycles. The maximum atomic E-state index is 12.8. The zero-order chi connectivity index (χ0) is 17.7. The van der Waals surface area contributed by atoms with E-state index < -0.39 is 0 Å². The summed E-state index contributed by atoms with van der Waals surface area (Å²) in [4.78, 5) is 23.6. The van der Waals surface area contributed by atoms with Crippen LogP contribution in [-0.2, 0) is 20.0 Å². The number of nitrogens with zero attached hydrogens (tertiary/aromatic N) is 6. The number of hydrogen-bond donors (Lipinski definition) is 0. The topological polar surface area (TPSA) is 68.8 Å². The lowest BCUT2D eigenvalue weighted by molar-refractivity contribution is 0.0761. The predicted molar refractivity (Wildman–Crippen MR) is 95.3 cm³/mol. The summed E-state index contributed by atoms with van der Waals surface area (Å²) in [6.45, 7) is 2.46. The molecule has 7 nitrogen and oxygen atoms in total. The highest BCUT2D eigenvalue weighted by molar-refractivity contribution is 5.92.